The molecule has 1 atom stereocenters. The summed E-state index contributed by atoms with van der Waals surface area (Å²) >= 11 is 0. The summed E-state index contributed by atoms with van der Waals surface area (Å²) in [5.41, 5.74) is 0. The molecular weight excluding hydrogens is 328 g/mol. The maximum Gasteiger partial charge on any atom is 0.215 e. The van der Waals surface area contributed by atoms with Crippen LogP contribution < -0.4 is 10.6 Å². The van der Waals surface area contributed by atoms with E-state index in [-0.39, 0.29) is 5.75 Å². The first kappa shape index (κ1) is 21.2. The molecule has 1 saturated heterocycles. The van der Waals surface area contributed by atoms with Crippen LogP contribution in [0.5, 0.6) is 0 Å². The zero-order valence-electron chi connectivity index (χ0n) is 15.4. The van der Waals surface area contributed by atoms with Crippen molar-refractivity contribution in [2.45, 2.75) is 52.0 Å². The molecule has 0 aromatic carbocycles. The van der Waals surface area contributed by atoms with Gasteiger partial charge in [-0.25, -0.2) is 8.42 Å². The monoisotopic (exact) mass is 362 g/mol. The van der Waals surface area contributed by atoms with Crippen LogP contribution in [-0.2, 0) is 14.8 Å². The Kier molecular flexibility index (Phi) is 10.3. The second-order valence-electron chi connectivity index (χ2n) is 6.22. The van der Waals surface area contributed by atoms with Gasteiger partial charge in [-0.15, -0.1) is 0 Å². The summed E-state index contributed by atoms with van der Waals surface area (Å²) in [6.07, 6.45) is 6.06. The molecule has 0 radical (unpaired) electrons. The third kappa shape index (κ3) is 8.30. The van der Waals surface area contributed by atoms with Crippen molar-refractivity contribution in [3.63, 3.8) is 0 Å². The Morgan fingerprint density at radius 3 is 2.58 bits per heavy atom. The quantitative estimate of drug-likeness (QED) is 0.346. The number of aliphatic imine (C=N–C) groups is 1. The molecule has 0 amide bonds. The Labute approximate surface area is 147 Å². The van der Waals surface area contributed by atoms with Gasteiger partial charge in [-0.2, -0.15) is 4.31 Å². The highest BCUT2D eigenvalue weighted by atomic mass is 32.2. The second-order valence-corrected chi connectivity index (χ2v) is 8.31. The van der Waals surface area contributed by atoms with Crippen molar-refractivity contribution in [2.75, 3.05) is 45.6 Å². The average molecular weight is 363 g/mol. The first-order valence-corrected chi connectivity index (χ1v) is 10.6. The number of rotatable bonds is 10. The first-order chi connectivity index (χ1) is 11.5. The van der Waals surface area contributed by atoms with E-state index in [1.807, 2.05) is 0 Å². The molecule has 8 heteroatoms. The van der Waals surface area contributed by atoms with Crippen LogP contribution in [0.4, 0.5) is 0 Å². The van der Waals surface area contributed by atoms with Gasteiger partial charge in [0.15, 0.2) is 5.96 Å². The summed E-state index contributed by atoms with van der Waals surface area (Å²) in [6, 6.07) is 0.323. The Hall–Kier alpha value is -0.860. The van der Waals surface area contributed by atoms with Gasteiger partial charge >= 0.3 is 0 Å². The molecule has 0 spiro atoms. The van der Waals surface area contributed by atoms with Gasteiger partial charge in [0.2, 0.25) is 10.0 Å². The number of hydrogen-bond donors (Lipinski definition) is 2. The summed E-state index contributed by atoms with van der Waals surface area (Å²) in [5, 5.41) is 6.42. The summed E-state index contributed by atoms with van der Waals surface area (Å²) in [7, 11) is -1.52. The molecular formula is C16H34N4O3S. The Morgan fingerprint density at radius 1 is 1.25 bits per heavy atom. The van der Waals surface area contributed by atoms with E-state index in [4.69, 9.17) is 4.74 Å². The molecule has 2 N–H and O–H groups in total. The summed E-state index contributed by atoms with van der Waals surface area (Å²) in [6.45, 7) is 6.54. The molecule has 142 valence electrons. The van der Waals surface area contributed by atoms with Crippen molar-refractivity contribution in [3.8, 4) is 0 Å². The van der Waals surface area contributed by atoms with Crippen molar-refractivity contribution < 1.29 is 13.2 Å². The van der Waals surface area contributed by atoms with Crippen LogP contribution in [0.2, 0.25) is 0 Å². The van der Waals surface area contributed by atoms with Crippen molar-refractivity contribution >= 4 is 16.0 Å². The molecule has 1 aliphatic rings. The maximum atomic E-state index is 12.3. The van der Waals surface area contributed by atoms with E-state index in [2.05, 4.69) is 29.5 Å². The molecule has 0 bridgehead atoms. The predicted molar refractivity (Wildman–Crippen MR) is 98.9 cm³/mol. The third-order valence-corrected chi connectivity index (χ3v) is 5.99. The van der Waals surface area contributed by atoms with Crippen LogP contribution >= 0.6 is 0 Å². The van der Waals surface area contributed by atoms with E-state index in [9.17, 15) is 8.42 Å². The molecule has 24 heavy (non-hydrogen) atoms. The number of morpholine rings is 1. The highest BCUT2D eigenvalue weighted by molar-refractivity contribution is 7.89. The van der Waals surface area contributed by atoms with Crippen LogP contribution in [-0.4, -0.2) is 70.4 Å². The van der Waals surface area contributed by atoms with E-state index in [0.29, 0.717) is 44.8 Å². The van der Waals surface area contributed by atoms with Gasteiger partial charge in [0.25, 0.3) is 0 Å². The smallest absolute Gasteiger partial charge is 0.215 e. The van der Waals surface area contributed by atoms with Gasteiger partial charge in [-0.05, 0) is 13.3 Å². The molecule has 1 fully saturated rings. The lowest BCUT2D eigenvalue weighted by Gasteiger charge is -2.26. The molecule has 1 rings (SSSR count). The molecule has 1 heterocycles. The van der Waals surface area contributed by atoms with Gasteiger partial charge in [0.05, 0.1) is 19.0 Å². The number of guanidine groups is 1. The minimum absolute atomic E-state index is 0.0680. The second kappa shape index (κ2) is 11.7. The van der Waals surface area contributed by atoms with Crippen molar-refractivity contribution in [1.82, 2.24) is 14.9 Å². The Bertz CT molecular complexity index is 462. The van der Waals surface area contributed by atoms with Gasteiger partial charge in [0.1, 0.15) is 0 Å². The Balaban J connectivity index is 2.28. The SMILES string of the molecule is CCCCCCC(C)NC(=NC)NCCS(=O)(=O)N1CCOCC1. The van der Waals surface area contributed by atoms with Crippen LogP contribution in [0.3, 0.4) is 0 Å². The molecule has 1 unspecified atom stereocenters. The van der Waals surface area contributed by atoms with E-state index in [0.717, 1.165) is 6.42 Å². The predicted octanol–water partition coefficient (Wildman–Crippen LogP) is 1.17. The lowest BCUT2D eigenvalue weighted by molar-refractivity contribution is 0.0730. The van der Waals surface area contributed by atoms with Crippen LogP contribution in [0.1, 0.15) is 46.0 Å². The summed E-state index contributed by atoms with van der Waals surface area (Å²) in [5.74, 6) is 0.730. The number of unbranched alkanes of at least 4 members (excludes halogenated alkanes) is 3. The van der Waals surface area contributed by atoms with Crippen LogP contribution in [0, 0.1) is 0 Å². The molecule has 1 aliphatic heterocycles. The van der Waals surface area contributed by atoms with E-state index < -0.39 is 10.0 Å². The lowest BCUT2D eigenvalue weighted by Crippen LogP contribution is -2.46. The van der Waals surface area contributed by atoms with Crippen molar-refractivity contribution in [1.29, 1.82) is 0 Å². The number of nitrogens with zero attached hydrogens (tertiary/aromatic N) is 2. The standard InChI is InChI=1S/C16H34N4O3S/c1-4-5-6-7-8-15(2)19-16(17-3)18-9-14-24(21,22)20-10-12-23-13-11-20/h15H,4-14H2,1-3H3,(H2,17,18,19). The third-order valence-electron chi connectivity index (χ3n) is 4.11. The number of ether oxygens (including phenoxy) is 1. The fourth-order valence-electron chi connectivity index (χ4n) is 2.63. The zero-order chi connectivity index (χ0) is 17.8. The minimum atomic E-state index is -3.23. The molecule has 0 saturated carbocycles. The fourth-order valence-corrected chi connectivity index (χ4v) is 3.95. The van der Waals surface area contributed by atoms with Gasteiger partial charge in [0, 0.05) is 32.7 Å². The molecule has 7 nitrogen and oxygen atoms in total. The molecule has 0 aromatic heterocycles. The minimum Gasteiger partial charge on any atom is -0.379 e. The van der Waals surface area contributed by atoms with Crippen LogP contribution in [0.25, 0.3) is 0 Å². The first-order valence-electron chi connectivity index (χ1n) is 9.02. The van der Waals surface area contributed by atoms with Crippen molar-refractivity contribution in [2.24, 2.45) is 4.99 Å². The molecule has 0 aliphatic carbocycles. The van der Waals surface area contributed by atoms with E-state index in [1.54, 1.807) is 7.05 Å². The normalized spacial score (nSPS) is 18.4. The summed E-state index contributed by atoms with van der Waals surface area (Å²) in [4.78, 5) is 4.17. The highest BCUT2D eigenvalue weighted by Gasteiger charge is 2.23. The number of sulfonamides is 1. The number of nitrogens with one attached hydrogen (secondary N) is 2. The maximum absolute atomic E-state index is 12.3. The van der Waals surface area contributed by atoms with Gasteiger partial charge < -0.3 is 15.4 Å². The summed E-state index contributed by atoms with van der Waals surface area (Å²) < 4.78 is 31.2. The highest BCUT2D eigenvalue weighted by Crippen LogP contribution is 2.06. The van der Waals surface area contributed by atoms with Gasteiger partial charge in [-0.1, -0.05) is 32.6 Å². The van der Waals surface area contributed by atoms with Crippen LogP contribution in [0.15, 0.2) is 4.99 Å². The number of hydrogen-bond acceptors (Lipinski definition) is 4. The van der Waals surface area contributed by atoms with Gasteiger partial charge in [-0.3, -0.25) is 4.99 Å². The topological polar surface area (TPSA) is 83.0 Å². The fraction of sp³-hybridized carbons (Fsp3) is 0.938. The largest absolute Gasteiger partial charge is 0.379 e. The van der Waals surface area contributed by atoms with Crippen molar-refractivity contribution in [3.05, 3.63) is 0 Å². The van der Waals surface area contributed by atoms with E-state index in [1.165, 1.54) is 30.0 Å². The zero-order valence-corrected chi connectivity index (χ0v) is 16.2. The average Bonchev–Trinajstić information content (AvgIpc) is 2.58. The van der Waals surface area contributed by atoms with E-state index >= 15 is 0 Å². The lowest BCUT2D eigenvalue weighted by atomic mass is 10.1. The molecule has 0 aromatic rings. The Morgan fingerprint density at radius 2 is 1.96 bits per heavy atom.